The van der Waals surface area contributed by atoms with Crippen molar-refractivity contribution in [3.8, 4) is 0 Å². The van der Waals surface area contributed by atoms with Crippen LogP contribution in [0, 0.1) is 13.8 Å². The molecule has 8 heteroatoms. The molecule has 8 nitrogen and oxygen atoms in total. The molecule has 3 heterocycles. The van der Waals surface area contributed by atoms with Gasteiger partial charge in [-0.25, -0.2) is 9.97 Å². The first-order valence-corrected chi connectivity index (χ1v) is 7.53. The van der Waals surface area contributed by atoms with E-state index in [2.05, 4.69) is 43.0 Å². The monoisotopic (exact) mass is 316 g/mol. The zero-order chi connectivity index (χ0) is 16.4. The molecule has 2 aromatic rings. The molecule has 122 valence electrons. The van der Waals surface area contributed by atoms with Crippen LogP contribution in [0.25, 0.3) is 0 Å². The maximum atomic E-state index is 10.5. The molecule has 1 saturated heterocycles. The second-order valence-corrected chi connectivity index (χ2v) is 5.88. The summed E-state index contributed by atoms with van der Waals surface area (Å²) in [6, 6.07) is 2.53. The highest BCUT2D eigenvalue weighted by Gasteiger charge is 2.29. The van der Waals surface area contributed by atoms with Gasteiger partial charge in [-0.1, -0.05) is 0 Å². The molecule has 2 N–H and O–H groups in total. The highest BCUT2D eigenvalue weighted by molar-refractivity contribution is 5.71. The number of nitrogens with zero attached hydrogens (tertiary/aromatic N) is 5. The van der Waals surface area contributed by atoms with Gasteiger partial charge in [0, 0.05) is 43.3 Å². The predicted octanol–water partition coefficient (Wildman–Crippen LogP) is 0.843. The molecule has 0 unspecified atom stereocenters. The number of aromatic nitrogens is 4. The lowest BCUT2D eigenvalue weighted by Crippen LogP contribution is -2.47. The SMILES string of the molecule is Cc1cc(C)n(C2CN(Cc3cnc(NCC(=O)O)nc3)C2)n1. The van der Waals surface area contributed by atoms with E-state index < -0.39 is 5.97 Å². The summed E-state index contributed by atoms with van der Waals surface area (Å²) in [5.41, 5.74) is 3.26. The van der Waals surface area contributed by atoms with Gasteiger partial charge in [0.2, 0.25) is 5.95 Å². The van der Waals surface area contributed by atoms with Crippen molar-refractivity contribution in [1.29, 1.82) is 0 Å². The molecule has 0 atom stereocenters. The third-order valence-corrected chi connectivity index (χ3v) is 3.84. The van der Waals surface area contributed by atoms with Crippen molar-refractivity contribution in [1.82, 2.24) is 24.6 Å². The minimum Gasteiger partial charge on any atom is -0.480 e. The molecule has 3 rings (SSSR count). The van der Waals surface area contributed by atoms with Crippen molar-refractivity contribution in [3.63, 3.8) is 0 Å². The third-order valence-electron chi connectivity index (χ3n) is 3.84. The molecule has 1 aliphatic rings. The fourth-order valence-corrected chi connectivity index (χ4v) is 2.78. The molecule has 0 bridgehead atoms. The van der Waals surface area contributed by atoms with Gasteiger partial charge in [0.05, 0.1) is 11.7 Å². The van der Waals surface area contributed by atoms with Gasteiger partial charge in [-0.15, -0.1) is 0 Å². The van der Waals surface area contributed by atoms with Crippen molar-refractivity contribution < 1.29 is 9.90 Å². The van der Waals surface area contributed by atoms with E-state index >= 15 is 0 Å². The number of anilines is 1. The van der Waals surface area contributed by atoms with Crippen LogP contribution in [0.1, 0.15) is 23.0 Å². The second-order valence-electron chi connectivity index (χ2n) is 5.88. The van der Waals surface area contributed by atoms with Crippen LogP contribution in [0.5, 0.6) is 0 Å². The van der Waals surface area contributed by atoms with Gasteiger partial charge in [0.1, 0.15) is 6.54 Å². The first-order valence-electron chi connectivity index (χ1n) is 7.53. The quantitative estimate of drug-likeness (QED) is 0.815. The summed E-state index contributed by atoms with van der Waals surface area (Å²) in [5.74, 6) is -0.603. The molecule has 0 aromatic carbocycles. The Hall–Kier alpha value is -2.48. The van der Waals surface area contributed by atoms with Crippen LogP contribution < -0.4 is 5.32 Å². The number of carboxylic acids is 1. The predicted molar refractivity (Wildman–Crippen MR) is 84.2 cm³/mol. The van der Waals surface area contributed by atoms with Crippen molar-refractivity contribution in [3.05, 3.63) is 35.4 Å². The Kier molecular flexibility index (Phi) is 4.24. The standard InChI is InChI=1S/C15H20N6O2/c1-10-3-11(2)21(19-10)13-8-20(9-13)7-12-4-16-15(17-5-12)18-6-14(22)23/h3-5,13H,6-9H2,1-2H3,(H,22,23)(H,16,17,18). The van der Waals surface area contributed by atoms with Crippen LogP contribution in [0.4, 0.5) is 5.95 Å². The number of carboxylic acid groups (broad SMARTS) is 1. The maximum Gasteiger partial charge on any atom is 0.322 e. The molecular formula is C15H20N6O2. The van der Waals surface area contributed by atoms with Crippen molar-refractivity contribution in [2.45, 2.75) is 26.4 Å². The number of carbonyl (C=O) groups is 1. The minimum absolute atomic E-state index is 0.185. The van der Waals surface area contributed by atoms with Crippen LogP contribution in [0.15, 0.2) is 18.5 Å². The second kappa shape index (κ2) is 6.33. The summed E-state index contributed by atoms with van der Waals surface area (Å²) in [7, 11) is 0. The summed E-state index contributed by atoms with van der Waals surface area (Å²) < 4.78 is 2.10. The van der Waals surface area contributed by atoms with E-state index in [1.54, 1.807) is 12.4 Å². The van der Waals surface area contributed by atoms with Gasteiger partial charge in [0.15, 0.2) is 0 Å². The Bertz CT molecular complexity index is 690. The highest BCUT2D eigenvalue weighted by Crippen LogP contribution is 2.24. The van der Waals surface area contributed by atoms with Crippen molar-refractivity contribution in [2.75, 3.05) is 25.0 Å². The number of hydrogen-bond donors (Lipinski definition) is 2. The van der Waals surface area contributed by atoms with Gasteiger partial charge >= 0.3 is 5.97 Å². The van der Waals surface area contributed by atoms with Crippen LogP contribution in [-0.4, -0.2) is 55.4 Å². The summed E-state index contributed by atoms with van der Waals surface area (Å²) in [6.45, 7) is 6.61. The summed E-state index contributed by atoms with van der Waals surface area (Å²) >= 11 is 0. The highest BCUT2D eigenvalue weighted by atomic mass is 16.4. The first kappa shape index (κ1) is 15.4. The molecule has 2 aromatic heterocycles. The van der Waals surface area contributed by atoms with E-state index in [1.165, 1.54) is 5.69 Å². The van der Waals surface area contributed by atoms with E-state index in [0.29, 0.717) is 12.0 Å². The van der Waals surface area contributed by atoms with E-state index in [0.717, 1.165) is 30.9 Å². The molecule has 0 saturated carbocycles. The van der Waals surface area contributed by atoms with Crippen molar-refractivity contribution >= 4 is 11.9 Å². The molecule has 0 spiro atoms. The Labute approximate surface area is 134 Å². The lowest BCUT2D eigenvalue weighted by molar-refractivity contribution is -0.134. The van der Waals surface area contributed by atoms with Gasteiger partial charge in [-0.05, 0) is 19.9 Å². The van der Waals surface area contributed by atoms with Crippen LogP contribution in [0.2, 0.25) is 0 Å². The molecule has 23 heavy (non-hydrogen) atoms. The average molecular weight is 316 g/mol. The fraction of sp³-hybridized carbons (Fsp3) is 0.467. The lowest BCUT2D eigenvalue weighted by atomic mass is 10.1. The maximum absolute atomic E-state index is 10.5. The molecule has 0 amide bonds. The van der Waals surface area contributed by atoms with Crippen molar-refractivity contribution in [2.24, 2.45) is 0 Å². The first-order chi connectivity index (χ1) is 11.0. The zero-order valence-corrected chi connectivity index (χ0v) is 13.2. The van der Waals surface area contributed by atoms with Gasteiger partial charge < -0.3 is 10.4 Å². The van der Waals surface area contributed by atoms with E-state index in [9.17, 15) is 4.79 Å². The van der Waals surface area contributed by atoms with Gasteiger partial charge in [0.25, 0.3) is 0 Å². The Balaban J connectivity index is 1.50. The number of likely N-dealkylation sites (tertiary alicyclic amines) is 1. The van der Waals surface area contributed by atoms with Crippen LogP contribution in [0.3, 0.4) is 0 Å². The van der Waals surface area contributed by atoms with Crippen LogP contribution in [-0.2, 0) is 11.3 Å². The fourth-order valence-electron chi connectivity index (χ4n) is 2.78. The molecular weight excluding hydrogens is 296 g/mol. The zero-order valence-electron chi connectivity index (χ0n) is 13.2. The smallest absolute Gasteiger partial charge is 0.322 e. The number of aliphatic carboxylic acids is 1. The number of aryl methyl sites for hydroxylation is 2. The molecule has 0 radical (unpaired) electrons. The van der Waals surface area contributed by atoms with Crippen LogP contribution >= 0.6 is 0 Å². The molecule has 1 aliphatic heterocycles. The topological polar surface area (TPSA) is 96.2 Å². The summed E-state index contributed by atoms with van der Waals surface area (Å²) in [6.07, 6.45) is 3.46. The number of rotatable bonds is 6. The summed E-state index contributed by atoms with van der Waals surface area (Å²) in [5, 5.41) is 15.8. The molecule has 1 fully saturated rings. The van der Waals surface area contributed by atoms with Gasteiger partial charge in [-0.2, -0.15) is 5.10 Å². The van der Waals surface area contributed by atoms with E-state index in [-0.39, 0.29) is 6.54 Å². The number of hydrogen-bond acceptors (Lipinski definition) is 6. The molecule has 0 aliphatic carbocycles. The Morgan fingerprint density at radius 3 is 2.61 bits per heavy atom. The lowest BCUT2D eigenvalue weighted by Gasteiger charge is -2.39. The number of nitrogens with one attached hydrogen (secondary N) is 1. The summed E-state index contributed by atoms with van der Waals surface area (Å²) in [4.78, 5) is 21.0. The van der Waals surface area contributed by atoms with E-state index in [1.807, 2.05) is 6.92 Å². The largest absolute Gasteiger partial charge is 0.480 e. The normalized spacial score (nSPS) is 15.4. The third kappa shape index (κ3) is 3.65. The van der Waals surface area contributed by atoms with E-state index in [4.69, 9.17) is 5.11 Å². The average Bonchev–Trinajstić information content (AvgIpc) is 2.80. The van der Waals surface area contributed by atoms with Gasteiger partial charge in [-0.3, -0.25) is 14.4 Å². The minimum atomic E-state index is -0.937. The Morgan fingerprint density at radius 2 is 2.04 bits per heavy atom. The Morgan fingerprint density at radius 1 is 1.35 bits per heavy atom.